The second-order valence-corrected chi connectivity index (χ2v) is 15.0. The molecule has 0 amide bonds. The topological polar surface area (TPSA) is 68.2 Å². The predicted molar refractivity (Wildman–Crippen MR) is 224 cm³/mol. The van der Waals surface area contributed by atoms with Crippen LogP contribution in [0.4, 0.5) is 0 Å². The lowest BCUT2D eigenvalue weighted by molar-refractivity contribution is -0.148. The van der Waals surface area contributed by atoms with Crippen molar-refractivity contribution < 1.29 is 24.1 Å². The Labute approximate surface area is 324 Å². The van der Waals surface area contributed by atoms with Gasteiger partial charge in [-0.2, -0.15) is 0 Å². The molecule has 0 saturated carbocycles. The molecule has 6 nitrogen and oxygen atoms in total. The van der Waals surface area contributed by atoms with Crippen molar-refractivity contribution in [2.45, 2.75) is 220 Å². The summed E-state index contributed by atoms with van der Waals surface area (Å²) in [4.78, 5) is 14.4. The van der Waals surface area contributed by atoms with Crippen molar-refractivity contribution in [1.29, 1.82) is 0 Å². The summed E-state index contributed by atoms with van der Waals surface area (Å²) >= 11 is 0. The maximum absolute atomic E-state index is 12.0. The molecule has 0 heterocycles. The van der Waals surface area contributed by atoms with Gasteiger partial charge in [-0.3, -0.25) is 4.79 Å². The fourth-order valence-electron chi connectivity index (χ4n) is 6.58. The summed E-state index contributed by atoms with van der Waals surface area (Å²) in [5.74, 6) is -0.0211. The highest BCUT2D eigenvalue weighted by Crippen LogP contribution is 2.15. The lowest BCUT2D eigenvalue weighted by atomic mass is 10.1. The van der Waals surface area contributed by atoms with Crippen molar-refractivity contribution in [3.8, 4) is 0 Å². The smallest absolute Gasteiger partial charge is 0.305 e. The number of carbonyl (C=O) groups is 1. The fourth-order valence-corrected chi connectivity index (χ4v) is 6.58. The van der Waals surface area contributed by atoms with Gasteiger partial charge in [-0.25, -0.2) is 0 Å². The van der Waals surface area contributed by atoms with Crippen LogP contribution in [0.2, 0.25) is 0 Å². The number of rotatable bonds is 43. The Hall–Kier alpha value is -1.21. The van der Waals surface area contributed by atoms with Gasteiger partial charge in [0.15, 0.2) is 6.29 Å². The molecule has 0 aromatic heterocycles. The summed E-state index contributed by atoms with van der Waals surface area (Å²) in [7, 11) is 0. The third-order valence-electron chi connectivity index (χ3n) is 9.89. The van der Waals surface area contributed by atoms with E-state index in [1.54, 1.807) is 0 Å². The van der Waals surface area contributed by atoms with Crippen LogP contribution in [0, 0.1) is 0 Å². The van der Waals surface area contributed by atoms with Gasteiger partial charge in [-0.1, -0.05) is 141 Å². The minimum absolute atomic E-state index is 0.0211. The first-order valence-corrected chi connectivity index (χ1v) is 22.7. The molecular formula is C46H89NO5. The van der Waals surface area contributed by atoms with Crippen LogP contribution in [0.5, 0.6) is 0 Å². The lowest BCUT2D eigenvalue weighted by Crippen LogP contribution is -2.29. The molecule has 52 heavy (non-hydrogen) atoms. The molecule has 0 aromatic carbocycles. The molecule has 0 saturated heterocycles. The van der Waals surface area contributed by atoms with Crippen LogP contribution in [0.3, 0.4) is 0 Å². The standard InChI is InChI=1S/C46H89NO5/c1-4-7-10-13-18-26-33-42-50-45(49)36-29-22-21-25-32-39-47(40-41-48)38-31-24-17-16-23-30-37-46(51-43-34-27-19-14-11-8-5-2)52-44-35-28-20-15-12-9-6-3/h8-9,11-12,46,48H,4-7,10,13-44H2,1-3H3/b11-8-,12-9-. The van der Waals surface area contributed by atoms with Gasteiger partial charge in [0.1, 0.15) is 0 Å². The fraction of sp³-hybridized carbons (Fsp3) is 0.891. The van der Waals surface area contributed by atoms with E-state index in [1.807, 2.05) is 0 Å². The largest absolute Gasteiger partial charge is 0.466 e. The van der Waals surface area contributed by atoms with E-state index in [1.165, 1.54) is 135 Å². The number of nitrogens with zero attached hydrogens (tertiary/aromatic N) is 1. The molecule has 0 unspecified atom stereocenters. The van der Waals surface area contributed by atoms with Gasteiger partial charge in [0.25, 0.3) is 0 Å². The van der Waals surface area contributed by atoms with E-state index in [-0.39, 0.29) is 18.9 Å². The summed E-state index contributed by atoms with van der Waals surface area (Å²) in [6.07, 6.45) is 44.2. The first-order valence-electron chi connectivity index (χ1n) is 22.7. The van der Waals surface area contributed by atoms with Gasteiger partial charge >= 0.3 is 5.97 Å². The van der Waals surface area contributed by atoms with Gasteiger partial charge in [-0.05, 0) is 103 Å². The maximum Gasteiger partial charge on any atom is 0.305 e. The molecule has 6 heteroatoms. The monoisotopic (exact) mass is 736 g/mol. The van der Waals surface area contributed by atoms with E-state index in [2.05, 4.69) is 50.0 Å². The molecule has 0 rings (SSSR count). The van der Waals surface area contributed by atoms with Crippen molar-refractivity contribution in [3.63, 3.8) is 0 Å². The molecule has 0 atom stereocenters. The number of esters is 1. The molecule has 0 bridgehead atoms. The van der Waals surface area contributed by atoms with Crippen LogP contribution in [-0.4, -0.2) is 68.3 Å². The third-order valence-corrected chi connectivity index (χ3v) is 9.89. The Morgan fingerprint density at radius 1 is 0.519 bits per heavy atom. The molecule has 0 aliphatic rings. The lowest BCUT2D eigenvalue weighted by Gasteiger charge is -2.21. The summed E-state index contributed by atoms with van der Waals surface area (Å²) in [5, 5.41) is 9.57. The zero-order valence-electron chi connectivity index (χ0n) is 35.1. The summed E-state index contributed by atoms with van der Waals surface area (Å²) in [6.45, 7) is 12.0. The van der Waals surface area contributed by atoms with Gasteiger partial charge in [0, 0.05) is 26.2 Å². The number of hydrogen-bond acceptors (Lipinski definition) is 6. The van der Waals surface area contributed by atoms with E-state index in [9.17, 15) is 9.90 Å². The van der Waals surface area contributed by atoms with Crippen molar-refractivity contribution in [2.75, 3.05) is 46.1 Å². The van der Waals surface area contributed by atoms with Crippen LogP contribution < -0.4 is 0 Å². The normalized spacial score (nSPS) is 12.0. The molecular weight excluding hydrogens is 647 g/mol. The molecule has 308 valence electrons. The minimum Gasteiger partial charge on any atom is -0.466 e. The highest BCUT2D eigenvalue weighted by Gasteiger charge is 2.10. The number of allylic oxidation sites excluding steroid dienone is 4. The summed E-state index contributed by atoms with van der Waals surface area (Å²) in [6, 6.07) is 0. The van der Waals surface area contributed by atoms with Crippen molar-refractivity contribution in [1.82, 2.24) is 4.90 Å². The SMILES string of the molecule is CC/C=C\CCCCCOC(CCCCCCCCN(CCO)CCCCCCCC(=O)OCCCCCCCCC)OCCCCC/C=C\CC. The van der Waals surface area contributed by atoms with Crippen LogP contribution in [0.15, 0.2) is 24.3 Å². The van der Waals surface area contributed by atoms with E-state index < -0.39 is 0 Å². The van der Waals surface area contributed by atoms with Gasteiger partial charge in [-0.15, -0.1) is 0 Å². The minimum atomic E-state index is -0.0481. The van der Waals surface area contributed by atoms with E-state index in [4.69, 9.17) is 14.2 Å². The molecule has 0 radical (unpaired) electrons. The van der Waals surface area contributed by atoms with Crippen molar-refractivity contribution >= 4 is 5.97 Å². The van der Waals surface area contributed by atoms with Gasteiger partial charge in [0.2, 0.25) is 0 Å². The number of hydrogen-bond donors (Lipinski definition) is 1. The zero-order chi connectivity index (χ0) is 37.8. The molecule has 0 fully saturated rings. The van der Waals surface area contributed by atoms with Gasteiger partial charge < -0.3 is 24.2 Å². The van der Waals surface area contributed by atoms with Crippen LogP contribution in [0.1, 0.15) is 213 Å². The number of carbonyl (C=O) groups excluding carboxylic acids is 1. The number of aliphatic hydroxyl groups is 1. The Morgan fingerprint density at radius 3 is 1.52 bits per heavy atom. The second-order valence-electron chi connectivity index (χ2n) is 15.0. The Bertz CT molecular complexity index is 731. The highest BCUT2D eigenvalue weighted by atomic mass is 16.7. The number of aliphatic hydroxyl groups excluding tert-OH is 1. The Balaban J connectivity index is 3.97. The average Bonchev–Trinajstić information content (AvgIpc) is 3.15. The molecule has 1 N–H and O–H groups in total. The van der Waals surface area contributed by atoms with E-state index in [0.717, 1.165) is 84.2 Å². The maximum atomic E-state index is 12.0. The van der Waals surface area contributed by atoms with E-state index in [0.29, 0.717) is 13.0 Å². The third kappa shape index (κ3) is 40.0. The Morgan fingerprint density at radius 2 is 0.981 bits per heavy atom. The average molecular weight is 736 g/mol. The predicted octanol–water partition coefficient (Wildman–Crippen LogP) is 13.1. The van der Waals surface area contributed by atoms with Crippen molar-refractivity contribution in [3.05, 3.63) is 24.3 Å². The molecule has 0 aliphatic heterocycles. The first kappa shape index (κ1) is 50.8. The highest BCUT2D eigenvalue weighted by molar-refractivity contribution is 5.69. The summed E-state index contributed by atoms with van der Waals surface area (Å²) in [5.41, 5.74) is 0. The first-order chi connectivity index (χ1) is 25.7. The zero-order valence-corrected chi connectivity index (χ0v) is 35.1. The quantitative estimate of drug-likeness (QED) is 0.0291. The van der Waals surface area contributed by atoms with Crippen LogP contribution in [-0.2, 0) is 19.0 Å². The van der Waals surface area contributed by atoms with Gasteiger partial charge in [0.05, 0.1) is 13.2 Å². The Kier molecular flexibility index (Phi) is 43.2. The second kappa shape index (κ2) is 44.2. The van der Waals surface area contributed by atoms with E-state index >= 15 is 0 Å². The van der Waals surface area contributed by atoms with Crippen molar-refractivity contribution in [2.24, 2.45) is 0 Å². The molecule has 0 aliphatic carbocycles. The van der Waals surface area contributed by atoms with Crippen LogP contribution in [0.25, 0.3) is 0 Å². The summed E-state index contributed by atoms with van der Waals surface area (Å²) < 4.78 is 17.9. The number of ether oxygens (including phenoxy) is 3. The molecule has 0 spiro atoms. The number of unbranched alkanes of at least 4 members (excludes halogenated alkanes) is 21. The van der Waals surface area contributed by atoms with Crippen LogP contribution >= 0.6 is 0 Å². The molecule has 0 aromatic rings.